The molecule has 100 valence electrons. The first-order chi connectivity index (χ1) is 9.29. The third kappa shape index (κ3) is 2.37. The number of aromatic nitrogens is 3. The Balaban J connectivity index is 1.90. The Bertz CT molecular complexity index is 571. The molecule has 1 fully saturated rings. The minimum atomic E-state index is 0.299. The fraction of sp³-hybridized carbons (Fsp3) is 0.462. The number of rotatable bonds is 3. The largest absolute Gasteiger partial charge is 0.339 e. The highest BCUT2D eigenvalue weighted by atomic mass is 32.2. The van der Waals surface area contributed by atoms with E-state index in [1.54, 1.807) is 12.4 Å². The van der Waals surface area contributed by atoms with Crippen LogP contribution < -0.4 is 5.32 Å². The van der Waals surface area contributed by atoms with Crippen LogP contribution in [0, 0.1) is 6.92 Å². The number of aryl methyl sites for hydroxylation is 1. The van der Waals surface area contributed by atoms with Crippen LogP contribution in [-0.2, 0) is 0 Å². The van der Waals surface area contributed by atoms with Crippen molar-refractivity contribution in [3.63, 3.8) is 0 Å². The summed E-state index contributed by atoms with van der Waals surface area (Å²) in [5, 5.41) is 7.41. The van der Waals surface area contributed by atoms with Gasteiger partial charge in [-0.25, -0.2) is 0 Å². The Morgan fingerprint density at radius 2 is 2.32 bits per heavy atom. The van der Waals surface area contributed by atoms with E-state index < -0.39 is 0 Å². The molecule has 2 aromatic rings. The van der Waals surface area contributed by atoms with E-state index in [-0.39, 0.29) is 0 Å². The van der Waals surface area contributed by atoms with E-state index in [0.29, 0.717) is 17.8 Å². The SMILES string of the molecule is CNC1CSCC1c1nc(-c2cnccc2C)no1. The number of thioether (sulfide) groups is 1. The molecule has 3 rings (SSSR count). The van der Waals surface area contributed by atoms with Gasteiger partial charge in [-0.05, 0) is 25.6 Å². The number of hydrogen-bond acceptors (Lipinski definition) is 6. The van der Waals surface area contributed by atoms with Crippen molar-refractivity contribution in [3.05, 3.63) is 29.9 Å². The molecule has 2 unspecified atom stereocenters. The lowest BCUT2D eigenvalue weighted by atomic mass is 10.0. The van der Waals surface area contributed by atoms with Gasteiger partial charge in [0.25, 0.3) is 0 Å². The van der Waals surface area contributed by atoms with Gasteiger partial charge in [0, 0.05) is 35.5 Å². The quantitative estimate of drug-likeness (QED) is 0.923. The maximum atomic E-state index is 5.45. The predicted octanol–water partition coefficient (Wildman–Crippen LogP) is 1.86. The Morgan fingerprint density at radius 1 is 1.42 bits per heavy atom. The molecule has 2 atom stereocenters. The van der Waals surface area contributed by atoms with Crippen LogP contribution in [0.15, 0.2) is 23.0 Å². The maximum Gasteiger partial charge on any atom is 0.232 e. The average molecular weight is 276 g/mol. The summed E-state index contributed by atoms with van der Waals surface area (Å²) in [6, 6.07) is 2.36. The van der Waals surface area contributed by atoms with Crippen LogP contribution in [0.25, 0.3) is 11.4 Å². The summed E-state index contributed by atoms with van der Waals surface area (Å²) >= 11 is 1.92. The van der Waals surface area contributed by atoms with Gasteiger partial charge in [0.1, 0.15) is 0 Å². The van der Waals surface area contributed by atoms with E-state index in [2.05, 4.69) is 20.4 Å². The Morgan fingerprint density at radius 3 is 3.11 bits per heavy atom. The summed E-state index contributed by atoms with van der Waals surface area (Å²) in [4.78, 5) is 8.67. The number of pyridine rings is 1. The number of hydrogen-bond donors (Lipinski definition) is 1. The molecule has 1 saturated heterocycles. The van der Waals surface area contributed by atoms with Gasteiger partial charge in [-0.15, -0.1) is 0 Å². The third-order valence-electron chi connectivity index (χ3n) is 3.49. The first-order valence-electron chi connectivity index (χ1n) is 6.29. The fourth-order valence-corrected chi connectivity index (χ4v) is 3.69. The topological polar surface area (TPSA) is 63.8 Å². The molecule has 0 bridgehead atoms. The van der Waals surface area contributed by atoms with Crippen LogP contribution in [0.2, 0.25) is 0 Å². The van der Waals surface area contributed by atoms with E-state index in [9.17, 15) is 0 Å². The molecule has 0 radical (unpaired) electrons. The van der Waals surface area contributed by atoms with Gasteiger partial charge in [0.2, 0.25) is 11.7 Å². The fourth-order valence-electron chi connectivity index (χ4n) is 2.28. The highest BCUT2D eigenvalue weighted by Crippen LogP contribution is 2.32. The molecule has 3 heterocycles. The summed E-state index contributed by atoms with van der Waals surface area (Å²) in [5.41, 5.74) is 2.04. The standard InChI is InChI=1S/C13H16N4OS/c1-8-3-4-15-5-9(8)12-16-13(18-17-12)10-6-19-7-11(10)14-2/h3-5,10-11,14H,6-7H2,1-2H3. The first kappa shape index (κ1) is 12.6. The summed E-state index contributed by atoms with van der Waals surface area (Å²) in [7, 11) is 1.98. The molecular weight excluding hydrogens is 260 g/mol. The zero-order chi connectivity index (χ0) is 13.2. The second-order valence-electron chi connectivity index (χ2n) is 4.69. The van der Waals surface area contributed by atoms with E-state index in [4.69, 9.17) is 4.52 Å². The van der Waals surface area contributed by atoms with Gasteiger partial charge in [-0.2, -0.15) is 16.7 Å². The molecule has 1 N–H and O–H groups in total. The molecule has 19 heavy (non-hydrogen) atoms. The Labute approximate surface area is 116 Å². The third-order valence-corrected chi connectivity index (χ3v) is 4.68. The molecule has 6 heteroatoms. The molecule has 1 aliphatic rings. The van der Waals surface area contributed by atoms with Crippen LogP contribution in [0.5, 0.6) is 0 Å². The predicted molar refractivity (Wildman–Crippen MR) is 75.2 cm³/mol. The van der Waals surface area contributed by atoms with Crippen molar-refractivity contribution in [2.45, 2.75) is 18.9 Å². The molecular formula is C13H16N4OS. The smallest absolute Gasteiger partial charge is 0.232 e. The Hall–Kier alpha value is -1.40. The summed E-state index contributed by atoms with van der Waals surface area (Å²) in [6.45, 7) is 2.02. The normalized spacial score (nSPS) is 22.8. The lowest BCUT2D eigenvalue weighted by Gasteiger charge is -2.13. The highest BCUT2D eigenvalue weighted by molar-refractivity contribution is 7.99. The van der Waals surface area contributed by atoms with Crippen molar-refractivity contribution in [2.24, 2.45) is 0 Å². The number of likely N-dealkylation sites (N-methyl/N-ethyl adjacent to an activating group) is 1. The molecule has 0 spiro atoms. The molecule has 1 aliphatic heterocycles. The van der Waals surface area contributed by atoms with Gasteiger partial charge >= 0.3 is 0 Å². The van der Waals surface area contributed by atoms with E-state index in [1.165, 1.54) is 0 Å². The highest BCUT2D eigenvalue weighted by Gasteiger charge is 2.32. The van der Waals surface area contributed by atoms with Crippen molar-refractivity contribution >= 4 is 11.8 Å². The van der Waals surface area contributed by atoms with Crippen LogP contribution >= 0.6 is 11.8 Å². The summed E-state index contributed by atoms with van der Waals surface area (Å²) in [5.74, 6) is 3.77. The molecule has 0 aromatic carbocycles. The molecule has 0 aliphatic carbocycles. The van der Waals surface area contributed by atoms with E-state index in [1.807, 2.05) is 31.8 Å². The molecule has 2 aromatic heterocycles. The minimum Gasteiger partial charge on any atom is -0.339 e. The number of nitrogens with zero attached hydrogens (tertiary/aromatic N) is 3. The van der Waals surface area contributed by atoms with Crippen LogP contribution in [0.3, 0.4) is 0 Å². The van der Waals surface area contributed by atoms with Crippen LogP contribution in [-0.4, -0.2) is 39.7 Å². The van der Waals surface area contributed by atoms with Crippen molar-refractivity contribution in [2.75, 3.05) is 18.6 Å². The van der Waals surface area contributed by atoms with Gasteiger partial charge in [-0.1, -0.05) is 5.16 Å². The molecule has 0 saturated carbocycles. The van der Waals surface area contributed by atoms with Gasteiger partial charge in [0.15, 0.2) is 0 Å². The van der Waals surface area contributed by atoms with Gasteiger partial charge in [0.05, 0.1) is 5.92 Å². The maximum absolute atomic E-state index is 5.45. The second kappa shape index (κ2) is 5.30. The van der Waals surface area contributed by atoms with Crippen molar-refractivity contribution in [3.8, 4) is 11.4 Å². The van der Waals surface area contributed by atoms with Crippen LogP contribution in [0.4, 0.5) is 0 Å². The molecule has 5 nitrogen and oxygen atoms in total. The Kier molecular flexibility index (Phi) is 3.52. The lowest BCUT2D eigenvalue weighted by Crippen LogP contribution is -2.31. The van der Waals surface area contributed by atoms with E-state index in [0.717, 1.165) is 28.5 Å². The second-order valence-corrected chi connectivity index (χ2v) is 5.76. The minimum absolute atomic E-state index is 0.299. The lowest BCUT2D eigenvalue weighted by molar-refractivity contribution is 0.344. The van der Waals surface area contributed by atoms with Gasteiger partial charge in [-0.3, -0.25) is 4.98 Å². The monoisotopic (exact) mass is 276 g/mol. The first-order valence-corrected chi connectivity index (χ1v) is 7.44. The molecule has 0 amide bonds. The zero-order valence-electron chi connectivity index (χ0n) is 11.0. The zero-order valence-corrected chi connectivity index (χ0v) is 11.8. The van der Waals surface area contributed by atoms with Crippen molar-refractivity contribution < 1.29 is 4.52 Å². The summed E-state index contributed by atoms with van der Waals surface area (Å²) < 4.78 is 5.45. The van der Waals surface area contributed by atoms with Crippen LogP contribution in [0.1, 0.15) is 17.4 Å². The van der Waals surface area contributed by atoms with Gasteiger partial charge < -0.3 is 9.84 Å². The number of nitrogens with one attached hydrogen (secondary N) is 1. The van der Waals surface area contributed by atoms with Crippen molar-refractivity contribution in [1.29, 1.82) is 0 Å². The average Bonchev–Trinajstić information content (AvgIpc) is 3.07. The van der Waals surface area contributed by atoms with Crippen molar-refractivity contribution in [1.82, 2.24) is 20.4 Å². The van der Waals surface area contributed by atoms with E-state index >= 15 is 0 Å². The summed E-state index contributed by atoms with van der Waals surface area (Å²) in [6.07, 6.45) is 3.55.